The molecule has 0 aromatic heterocycles. The number of carbonyl (C=O) groups excluding carboxylic acids is 3. The molecule has 36 heavy (non-hydrogen) atoms. The Bertz CT molecular complexity index is 1240. The summed E-state index contributed by atoms with van der Waals surface area (Å²) in [6.07, 6.45) is -5.73. The number of carbonyl (C=O) groups is 3. The fourth-order valence-electron chi connectivity index (χ4n) is 3.84. The molecule has 1 aliphatic rings. The van der Waals surface area contributed by atoms with Gasteiger partial charge in [-0.25, -0.2) is 14.4 Å². The lowest BCUT2D eigenvalue weighted by molar-refractivity contribution is -0.0698. The van der Waals surface area contributed by atoms with Crippen molar-refractivity contribution in [2.45, 2.75) is 37.4 Å². The van der Waals surface area contributed by atoms with Crippen molar-refractivity contribution in [3.63, 3.8) is 0 Å². The third-order valence-electron chi connectivity index (χ3n) is 5.65. The number of nitriles is 1. The second-order valence-corrected chi connectivity index (χ2v) is 8.10. The maximum absolute atomic E-state index is 12.9. The summed E-state index contributed by atoms with van der Waals surface area (Å²) in [5.41, 5.74) is 0.845. The van der Waals surface area contributed by atoms with Crippen LogP contribution in [0, 0.1) is 11.3 Å². The highest BCUT2D eigenvalue weighted by Crippen LogP contribution is 2.31. The molecule has 182 valence electrons. The van der Waals surface area contributed by atoms with E-state index in [4.69, 9.17) is 18.9 Å². The predicted octanol–water partition coefficient (Wildman–Crippen LogP) is 3.97. The molecule has 1 aliphatic heterocycles. The SMILES string of the molecule is CC(OC(=O)c1ccccc1)C1OC(C#N)C(OC(=O)c2ccccc2)C1OC(=O)c1ccccc1. The molecule has 8 heteroatoms. The van der Waals surface area contributed by atoms with Crippen LogP contribution in [0.15, 0.2) is 91.0 Å². The van der Waals surface area contributed by atoms with Crippen molar-refractivity contribution in [2.75, 3.05) is 0 Å². The normalized spacial score (nSPS) is 21.6. The van der Waals surface area contributed by atoms with E-state index in [2.05, 4.69) is 0 Å². The molecule has 5 unspecified atom stereocenters. The Morgan fingerprint density at radius 1 is 0.722 bits per heavy atom. The summed E-state index contributed by atoms with van der Waals surface area (Å²) < 4.78 is 22.7. The number of nitrogens with zero attached hydrogens (tertiary/aromatic N) is 1. The van der Waals surface area contributed by atoms with Gasteiger partial charge < -0.3 is 18.9 Å². The molecule has 1 saturated heterocycles. The maximum atomic E-state index is 12.9. The summed E-state index contributed by atoms with van der Waals surface area (Å²) in [7, 11) is 0. The number of ether oxygens (including phenoxy) is 4. The molecule has 0 radical (unpaired) electrons. The van der Waals surface area contributed by atoms with Crippen molar-refractivity contribution in [3.05, 3.63) is 108 Å². The highest BCUT2D eigenvalue weighted by molar-refractivity contribution is 5.91. The second-order valence-electron chi connectivity index (χ2n) is 8.10. The minimum absolute atomic E-state index is 0.259. The lowest BCUT2D eigenvalue weighted by atomic mass is 10.0. The fourth-order valence-corrected chi connectivity index (χ4v) is 3.84. The van der Waals surface area contributed by atoms with Crippen molar-refractivity contribution in [3.8, 4) is 6.07 Å². The minimum atomic E-state index is -1.26. The molecule has 3 aromatic carbocycles. The van der Waals surface area contributed by atoms with E-state index in [1.807, 2.05) is 6.07 Å². The summed E-state index contributed by atoms with van der Waals surface area (Å²) in [4.78, 5) is 38.3. The van der Waals surface area contributed by atoms with Gasteiger partial charge in [0.15, 0.2) is 18.3 Å². The number of hydrogen-bond acceptors (Lipinski definition) is 8. The van der Waals surface area contributed by atoms with Crippen LogP contribution in [0.2, 0.25) is 0 Å². The highest BCUT2D eigenvalue weighted by atomic mass is 16.7. The van der Waals surface area contributed by atoms with Gasteiger partial charge in [-0.15, -0.1) is 0 Å². The molecule has 1 heterocycles. The van der Waals surface area contributed by atoms with Gasteiger partial charge in [-0.2, -0.15) is 5.26 Å². The third kappa shape index (κ3) is 5.59. The van der Waals surface area contributed by atoms with Gasteiger partial charge in [0.05, 0.1) is 22.8 Å². The Morgan fingerprint density at radius 3 is 1.58 bits per heavy atom. The van der Waals surface area contributed by atoms with Crippen LogP contribution in [-0.4, -0.2) is 48.4 Å². The minimum Gasteiger partial charge on any atom is -0.456 e. The van der Waals surface area contributed by atoms with Gasteiger partial charge in [-0.1, -0.05) is 54.6 Å². The molecule has 1 fully saturated rings. The predicted molar refractivity (Wildman–Crippen MR) is 127 cm³/mol. The molecular weight excluding hydrogens is 462 g/mol. The van der Waals surface area contributed by atoms with Crippen LogP contribution in [0.5, 0.6) is 0 Å². The van der Waals surface area contributed by atoms with Crippen molar-refractivity contribution < 1.29 is 33.3 Å². The zero-order chi connectivity index (χ0) is 25.5. The summed E-state index contributed by atoms with van der Waals surface area (Å²) in [6, 6.07) is 26.8. The maximum Gasteiger partial charge on any atom is 0.338 e. The monoisotopic (exact) mass is 485 g/mol. The number of rotatable bonds is 7. The topological polar surface area (TPSA) is 112 Å². The van der Waals surface area contributed by atoms with Gasteiger partial charge in [0.25, 0.3) is 0 Å². The second kappa shape index (κ2) is 11.3. The Balaban J connectivity index is 1.59. The van der Waals surface area contributed by atoms with Gasteiger partial charge in [0.2, 0.25) is 0 Å². The Kier molecular flexibility index (Phi) is 7.73. The first kappa shape index (κ1) is 24.6. The van der Waals surface area contributed by atoms with E-state index in [-0.39, 0.29) is 11.1 Å². The van der Waals surface area contributed by atoms with Crippen LogP contribution >= 0.6 is 0 Å². The van der Waals surface area contributed by atoms with Crippen LogP contribution < -0.4 is 0 Å². The first-order valence-electron chi connectivity index (χ1n) is 11.3. The van der Waals surface area contributed by atoms with Crippen LogP contribution in [0.1, 0.15) is 38.0 Å². The van der Waals surface area contributed by atoms with Crippen molar-refractivity contribution in [2.24, 2.45) is 0 Å². The van der Waals surface area contributed by atoms with E-state index in [9.17, 15) is 19.6 Å². The summed E-state index contributed by atoms with van der Waals surface area (Å²) in [5, 5.41) is 9.73. The molecule has 0 bridgehead atoms. The van der Waals surface area contributed by atoms with Gasteiger partial charge in [0, 0.05) is 0 Å². The summed E-state index contributed by atoms with van der Waals surface area (Å²) >= 11 is 0. The molecule has 0 amide bonds. The third-order valence-corrected chi connectivity index (χ3v) is 5.65. The van der Waals surface area contributed by atoms with Gasteiger partial charge >= 0.3 is 17.9 Å². The zero-order valence-corrected chi connectivity index (χ0v) is 19.4. The Morgan fingerprint density at radius 2 is 1.14 bits per heavy atom. The first-order chi connectivity index (χ1) is 17.5. The summed E-state index contributed by atoms with van der Waals surface area (Å²) in [6.45, 7) is 1.56. The van der Waals surface area contributed by atoms with E-state index in [0.717, 1.165) is 0 Å². The first-order valence-corrected chi connectivity index (χ1v) is 11.3. The Hall–Kier alpha value is -4.48. The van der Waals surface area contributed by atoms with Crippen LogP contribution in [0.3, 0.4) is 0 Å². The molecule has 4 rings (SSSR count). The molecule has 5 atom stereocenters. The van der Waals surface area contributed by atoms with E-state index in [1.165, 1.54) is 0 Å². The quantitative estimate of drug-likeness (QED) is 0.365. The van der Waals surface area contributed by atoms with Crippen molar-refractivity contribution in [1.82, 2.24) is 0 Å². The molecule has 0 N–H and O–H groups in total. The largest absolute Gasteiger partial charge is 0.456 e. The van der Waals surface area contributed by atoms with E-state index >= 15 is 0 Å². The molecule has 0 aliphatic carbocycles. The van der Waals surface area contributed by atoms with Gasteiger partial charge in [0.1, 0.15) is 12.2 Å². The molecule has 0 spiro atoms. The standard InChI is InChI=1S/C28H23NO7/c1-18(33-26(30)19-11-5-2-6-12-19)23-25(36-28(32)21-15-9-4-10-16-21)24(22(17-29)34-23)35-27(31)20-13-7-3-8-14-20/h2-16,18,22-25H,1H3. The lowest BCUT2D eigenvalue weighted by Crippen LogP contribution is -2.44. The van der Waals surface area contributed by atoms with Crippen molar-refractivity contribution in [1.29, 1.82) is 5.26 Å². The average Bonchev–Trinajstić information content (AvgIpc) is 3.26. The molecule has 0 saturated carbocycles. The zero-order valence-electron chi connectivity index (χ0n) is 19.4. The summed E-state index contributed by atoms with van der Waals surface area (Å²) in [5.74, 6) is -2.02. The molecular formula is C28H23NO7. The van der Waals surface area contributed by atoms with Crippen LogP contribution in [-0.2, 0) is 18.9 Å². The number of hydrogen-bond donors (Lipinski definition) is 0. The van der Waals surface area contributed by atoms with Crippen LogP contribution in [0.25, 0.3) is 0 Å². The fraction of sp³-hybridized carbons (Fsp3) is 0.214. The highest BCUT2D eigenvalue weighted by Gasteiger charge is 2.53. The Labute approximate surface area is 208 Å². The van der Waals surface area contributed by atoms with Crippen LogP contribution in [0.4, 0.5) is 0 Å². The molecule has 3 aromatic rings. The molecule has 8 nitrogen and oxygen atoms in total. The van der Waals surface area contributed by atoms with E-state index < -0.39 is 48.4 Å². The van der Waals surface area contributed by atoms with E-state index in [0.29, 0.717) is 5.56 Å². The lowest BCUT2D eigenvalue weighted by Gasteiger charge is -2.26. The number of benzene rings is 3. The number of esters is 3. The smallest absolute Gasteiger partial charge is 0.338 e. The van der Waals surface area contributed by atoms with Gasteiger partial charge in [-0.3, -0.25) is 0 Å². The van der Waals surface area contributed by atoms with Gasteiger partial charge in [-0.05, 0) is 43.3 Å². The average molecular weight is 485 g/mol. The van der Waals surface area contributed by atoms with E-state index in [1.54, 1.807) is 97.9 Å². The van der Waals surface area contributed by atoms with Crippen molar-refractivity contribution >= 4 is 17.9 Å².